The first-order valence-corrected chi connectivity index (χ1v) is 7.52. The second kappa shape index (κ2) is 8.07. The standard InChI is InChI=1S/C18H18N2O5/c1-11(25-18(24)14-4-2-12(10-21)3-5-14)17(23)20-15-8-6-13(7-9-15)16(19)22/h2-9,11,21H,10H2,1H3,(H2,19,22)(H,20,23)/t11-/m1/s1. The molecule has 0 aliphatic heterocycles. The maximum atomic E-state index is 12.1. The molecule has 7 nitrogen and oxygen atoms in total. The van der Waals surface area contributed by atoms with Crippen molar-refractivity contribution in [2.45, 2.75) is 19.6 Å². The summed E-state index contributed by atoms with van der Waals surface area (Å²) in [6, 6.07) is 12.3. The van der Waals surface area contributed by atoms with Gasteiger partial charge in [0.2, 0.25) is 5.91 Å². The quantitative estimate of drug-likeness (QED) is 0.687. The van der Waals surface area contributed by atoms with Gasteiger partial charge < -0.3 is 20.9 Å². The molecule has 0 unspecified atom stereocenters. The van der Waals surface area contributed by atoms with Crippen LogP contribution in [0, 0.1) is 0 Å². The van der Waals surface area contributed by atoms with Crippen LogP contribution in [0.5, 0.6) is 0 Å². The molecule has 130 valence electrons. The Morgan fingerprint density at radius 2 is 1.60 bits per heavy atom. The second-order valence-electron chi connectivity index (χ2n) is 5.33. The number of ether oxygens (including phenoxy) is 1. The van der Waals surface area contributed by atoms with Gasteiger partial charge in [0.15, 0.2) is 6.10 Å². The summed E-state index contributed by atoms with van der Waals surface area (Å²) < 4.78 is 5.12. The minimum Gasteiger partial charge on any atom is -0.449 e. The van der Waals surface area contributed by atoms with E-state index < -0.39 is 23.9 Å². The first-order chi connectivity index (χ1) is 11.9. The van der Waals surface area contributed by atoms with Crippen LogP contribution < -0.4 is 11.1 Å². The van der Waals surface area contributed by atoms with Crippen LogP contribution in [-0.2, 0) is 16.1 Å². The molecule has 2 rings (SSSR count). The molecular weight excluding hydrogens is 324 g/mol. The number of rotatable bonds is 6. The average molecular weight is 342 g/mol. The number of aliphatic hydroxyl groups is 1. The molecule has 4 N–H and O–H groups in total. The highest BCUT2D eigenvalue weighted by molar-refractivity contribution is 5.98. The number of nitrogens with one attached hydrogen (secondary N) is 1. The topological polar surface area (TPSA) is 119 Å². The Morgan fingerprint density at radius 1 is 1.04 bits per heavy atom. The van der Waals surface area contributed by atoms with Crippen LogP contribution in [0.1, 0.15) is 33.2 Å². The van der Waals surface area contributed by atoms with E-state index in [2.05, 4.69) is 5.32 Å². The molecule has 2 amide bonds. The summed E-state index contributed by atoms with van der Waals surface area (Å²) in [7, 11) is 0. The lowest BCUT2D eigenvalue weighted by molar-refractivity contribution is -0.123. The van der Waals surface area contributed by atoms with E-state index in [1.807, 2.05) is 0 Å². The Labute approximate surface area is 144 Å². The van der Waals surface area contributed by atoms with E-state index >= 15 is 0 Å². The molecule has 0 radical (unpaired) electrons. The van der Waals surface area contributed by atoms with E-state index in [-0.39, 0.29) is 12.2 Å². The number of carbonyl (C=O) groups excluding carboxylic acids is 3. The average Bonchev–Trinajstić information content (AvgIpc) is 2.62. The smallest absolute Gasteiger partial charge is 0.338 e. The third kappa shape index (κ3) is 4.89. The molecule has 0 saturated carbocycles. The number of primary amides is 1. The van der Waals surface area contributed by atoms with E-state index in [0.717, 1.165) is 0 Å². The highest BCUT2D eigenvalue weighted by Crippen LogP contribution is 2.12. The molecule has 1 atom stereocenters. The molecule has 7 heteroatoms. The maximum absolute atomic E-state index is 12.1. The summed E-state index contributed by atoms with van der Waals surface area (Å²) in [5, 5.41) is 11.6. The van der Waals surface area contributed by atoms with Gasteiger partial charge in [0.05, 0.1) is 12.2 Å². The summed E-state index contributed by atoms with van der Waals surface area (Å²) >= 11 is 0. The van der Waals surface area contributed by atoms with Crippen molar-refractivity contribution in [1.82, 2.24) is 0 Å². The zero-order valence-corrected chi connectivity index (χ0v) is 13.6. The van der Waals surface area contributed by atoms with E-state index in [1.54, 1.807) is 12.1 Å². The predicted octanol–water partition coefficient (Wildman–Crippen LogP) is 1.46. The third-order valence-electron chi connectivity index (χ3n) is 3.46. The number of hydrogen-bond donors (Lipinski definition) is 3. The zero-order valence-electron chi connectivity index (χ0n) is 13.6. The van der Waals surface area contributed by atoms with Crippen molar-refractivity contribution in [3.63, 3.8) is 0 Å². The minimum atomic E-state index is -1.01. The summed E-state index contributed by atoms with van der Waals surface area (Å²) in [5.74, 6) is -1.71. The van der Waals surface area contributed by atoms with E-state index in [0.29, 0.717) is 16.8 Å². The summed E-state index contributed by atoms with van der Waals surface area (Å²) in [6.07, 6.45) is -1.01. The number of benzene rings is 2. The lowest BCUT2D eigenvalue weighted by atomic mass is 10.1. The summed E-state index contributed by atoms with van der Waals surface area (Å²) in [4.78, 5) is 35.1. The first kappa shape index (κ1) is 18.2. The van der Waals surface area contributed by atoms with Crippen LogP contribution in [0.15, 0.2) is 48.5 Å². The molecule has 25 heavy (non-hydrogen) atoms. The molecule has 0 fully saturated rings. The molecule has 0 bridgehead atoms. The van der Waals surface area contributed by atoms with Gasteiger partial charge >= 0.3 is 5.97 Å². The van der Waals surface area contributed by atoms with Gasteiger partial charge in [-0.1, -0.05) is 12.1 Å². The van der Waals surface area contributed by atoms with Crippen LogP contribution in [0.4, 0.5) is 5.69 Å². The maximum Gasteiger partial charge on any atom is 0.338 e. The molecule has 0 spiro atoms. The van der Waals surface area contributed by atoms with Crippen LogP contribution in [0.3, 0.4) is 0 Å². The highest BCUT2D eigenvalue weighted by Gasteiger charge is 2.19. The van der Waals surface area contributed by atoms with Gasteiger partial charge in [-0.05, 0) is 48.9 Å². The molecule has 0 heterocycles. The number of nitrogens with two attached hydrogens (primary N) is 1. The van der Waals surface area contributed by atoms with Crippen molar-refractivity contribution in [2.75, 3.05) is 5.32 Å². The van der Waals surface area contributed by atoms with Gasteiger partial charge in [-0.15, -0.1) is 0 Å². The van der Waals surface area contributed by atoms with Gasteiger partial charge in [0, 0.05) is 11.3 Å². The molecule has 2 aromatic carbocycles. The van der Waals surface area contributed by atoms with Gasteiger partial charge in [0.25, 0.3) is 5.91 Å². The Bertz CT molecular complexity index is 769. The van der Waals surface area contributed by atoms with Crippen molar-refractivity contribution in [3.05, 3.63) is 65.2 Å². The molecule has 0 saturated heterocycles. The monoisotopic (exact) mass is 342 g/mol. The van der Waals surface area contributed by atoms with Gasteiger partial charge in [-0.25, -0.2) is 4.79 Å². The molecule has 2 aromatic rings. The molecular formula is C18H18N2O5. The number of hydrogen-bond acceptors (Lipinski definition) is 5. The summed E-state index contributed by atoms with van der Waals surface area (Å²) in [6.45, 7) is 1.33. The molecule has 0 aromatic heterocycles. The lowest BCUT2D eigenvalue weighted by Crippen LogP contribution is -2.30. The van der Waals surface area contributed by atoms with Crippen LogP contribution in [-0.4, -0.2) is 29.0 Å². The van der Waals surface area contributed by atoms with E-state index in [4.69, 9.17) is 15.6 Å². The number of aliphatic hydroxyl groups excluding tert-OH is 1. The van der Waals surface area contributed by atoms with Crippen LogP contribution in [0.25, 0.3) is 0 Å². The van der Waals surface area contributed by atoms with Crippen molar-refractivity contribution in [1.29, 1.82) is 0 Å². The Balaban J connectivity index is 1.94. The third-order valence-corrected chi connectivity index (χ3v) is 3.46. The van der Waals surface area contributed by atoms with Crippen molar-refractivity contribution < 1.29 is 24.2 Å². The predicted molar refractivity (Wildman–Crippen MR) is 90.8 cm³/mol. The number of esters is 1. The van der Waals surface area contributed by atoms with Crippen molar-refractivity contribution in [2.24, 2.45) is 5.73 Å². The first-order valence-electron chi connectivity index (χ1n) is 7.52. The lowest BCUT2D eigenvalue weighted by Gasteiger charge is -2.14. The zero-order chi connectivity index (χ0) is 18.4. The van der Waals surface area contributed by atoms with E-state index in [9.17, 15) is 14.4 Å². The second-order valence-corrected chi connectivity index (χ2v) is 5.33. The SMILES string of the molecule is C[C@@H](OC(=O)c1ccc(CO)cc1)C(=O)Nc1ccc(C(N)=O)cc1. The van der Waals surface area contributed by atoms with Crippen LogP contribution in [0.2, 0.25) is 0 Å². The van der Waals surface area contributed by atoms with Gasteiger partial charge in [-0.2, -0.15) is 0 Å². The largest absolute Gasteiger partial charge is 0.449 e. The fourth-order valence-electron chi connectivity index (χ4n) is 1.99. The number of anilines is 1. The molecule has 0 aliphatic rings. The summed E-state index contributed by atoms with van der Waals surface area (Å²) in [5.41, 5.74) is 6.86. The van der Waals surface area contributed by atoms with Crippen molar-refractivity contribution in [3.8, 4) is 0 Å². The minimum absolute atomic E-state index is 0.122. The fraction of sp³-hybridized carbons (Fsp3) is 0.167. The number of carbonyl (C=O) groups is 3. The Kier molecular flexibility index (Phi) is 5.86. The van der Waals surface area contributed by atoms with E-state index in [1.165, 1.54) is 43.3 Å². The fourth-order valence-corrected chi connectivity index (χ4v) is 1.99. The molecule has 0 aliphatic carbocycles. The van der Waals surface area contributed by atoms with Crippen LogP contribution >= 0.6 is 0 Å². The normalized spacial score (nSPS) is 11.4. The number of amides is 2. The van der Waals surface area contributed by atoms with Crippen molar-refractivity contribution >= 4 is 23.5 Å². The van der Waals surface area contributed by atoms with Gasteiger partial charge in [-0.3, -0.25) is 9.59 Å². The highest BCUT2D eigenvalue weighted by atomic mass is 16.5. The Morgan fingerprint density at radius 3 is 2.12 bits per heavy atom. The Hall–Kier alpha value is -3.19. The van der Waals surface area contributed by atoms with Gasteiger partial charge in [0.1, 0.15) is 0 Å².